The van der Waals surface area contributed by atoms with Crippen LogP contribution in [0.4, 0.5) is 4.79 Å². The number of cyclic esters (lactones) is 2. The van der Waals surface area contributed by atoms with Crippen molar-refractivity contribution in [2.24, 2.45) is 0 Å². The summed E-state index contributed by atoms with van der Waals surface area (Å²) in [7, 11) is 0. The Morgan fingerprint density at radius 2 is 1.47 bits per heavy atom. The molecule has 162 valence electrons. The fourth-order valence-corrected chi connectivity index (χ4v) is 7.52. The molecule has 2 atom stereocenters. The zero-order valence-corrected chi connectivity index (χ0v) is 20.7. The normalized spacial score (nSPS) is 17.9. The van der Waals surface area contributed by atoms with Gasteiger partial charge in [-0.05, 0) is 0 Å². The second kappa shape index (κ2) is 10.0. The van der Waals surface area contributed by atoms with Gasteiger partial charge in [0, 0.05) is 0 Å². The summed E-state index contributed by atoms with van der Waals surface area (Å²) in [5.41, 5.74) is 5.55. The Labute approximate surface area is 187 Å². The standard InChI is InChI=1S/C26H34O3Se/c1-16(2)20-14-21(17(3)4)25(22(15-20)18(5)6)30-24(19-10-8-7-9-11-19)23-12-13-28-26(27)29-23/h7-11,14-18,23-24H,12-13H2,1-6H3/t23-,24+/m1/s1. The molecule has 1 fully saturated rings. The van der Waals surface area contributed by atoms with Gasteiger partial charge in [-0.25, -0.2) is 0 Å². The van der Waals surface area contributed by atoms with Crippen LogP contribution in [0.2, 0.25) is 0 Å². The molecular formula is C26H34O3Se. The molecule has 0 unspecified atom stereocenters. The minimum absolute atomic E-state index is 0.123. The SMILES string of the molecule is CC(C)c1cc(C(C)C)c([Se][C@@H](c2ccccc2)[C@H]2CCOC(=O)O2)c(C(C)C)c1. The first kappa shape index (κ1) is 22.9. The van der Waals surface area contributed by atoms with Crippen molar-refractivity contribution in [3.8, 4) is 0 Å². The van der Waals surface area contributed by atoms with Gasteiger partial charge in [0.1, 0.15) is 0 Å². The Bertz CT molecular complexity index is 829. The first-order valence-corrected chi connectivity index (χ1v) is 12.8. The number of carbonyl (C=O) groups is 1. The molecule has 0 bridgehead atoms. The van der Waals surface area contributed by atoms with E-state index in [1.165, 1.54) is 26.7 Å². The van der Waals surface area contributed by atoms with E-state index < -0.39 is 6.16 Å². The Morgan fingerprint density at radius 1 is 0.867 bits per heavy atom. The summed E-state index contributed by atoms with van der Waals surface area (Å²) in [5.74, 6) is 1.40. The molecule has 2 aromatic rings. The summed E-state index contributed by atoms with van der Waals surface area (Å²) in [6.45, 7) is 14.1. The molecule has 0 aromatic heterocycles. The van der Waals surface area contributed by atoms with Gasteiger partial charge in [0.2, 0.25) is 0 Å². The van der Waals surface area contributed by atoms with Crippen LogP contribution in [0.15, 0.2) is 42.5 Å². The third kappa shape index (κ3) is 5.28. The van der Waals surface area contributed by atoms with E-state index in [2.05, 4.69) is 77.9 Å². The van der Waals surface area contributed by atoms with E-state index in [-0.39, 0.29) is 25.9 Å². The van der Waals surface area contributed by atoms with Gasteiger partial charge in [-0.2, -0.15) is 0 Å². The third-order valence-corrected chi connectivity index (χ3v) is 8.88. The van der Waals surface area contributed by atoms with Crippen LogP contribution in [0, 0.1) is 0 Å². The molecule has 0 amide bonds. The van der Waals surface area contributed by atoms with Crippen molar-refractivity contribution in [1.29, 1.82) is 0 Å². The second-order valence-electron chi connectivity index (χ2n) is 8.99. The average Bonchev–Trinajstić information content (AvgIpc) is 2.71. The van der Waals surface area contributed by atoms with E-state index in [0.29, 0.717) is 24.4 Å². The molecule has 0 aliphatic carbocycles. The second-order valence-corrected chi connectivity index (χ2v) is 11.4. The number of hydrogen-bond donors (Lipinski definition) is 0. The third-order valence-electron chi connectivity index (χ3n) is 5.66. The monoisotopic (exact) mass is 474 g/mol. The van der Waals surface area contributed by atoms with E-state index in [4.69, 9.17) is 9.47 Å². The number of ether oxygens (including phenoxy) is 2. The molecule has 1 aliphatic rings. The number of hydrogen-bond acceptors (Lipinski definition) is 3. The predicted molar refractivity (Wildman–Crippen MR) is 124 cm³/mol. The number of benzene rings is 2. The van der Waals surface area contributed by atoms with Crippen molar-refractivity contribution in [2.45, 2.75) is 76.6 Å². The Hall–Kier alpha value is -1.77. The summed E-state index contributed by atoms with van der Waals surface area (Å²) in [6.07, 6.45) is 0.0651. The van der Waals surface area contributed by atoms with E-state index in [9.17, 15) is 4.79 Å². The van der Waals surface area contributed by atoms with Gasteiger partial charge in [0.15, 0.2) is 0 Å². The van der Waals surface area contributed by atoms with Crippen LogP contribution in [0.25, 0.3) is 0 Å². The maximum atomic E-state index is 11.9. The van der Waals surface area contributed by atoms with Crippen molar-refractivity contribution in [2.75, 3.05) is 6.61 Å². The molecule has 0 saturated carbocycles. The molecule has 2 aromatic carbocycles. The summed E-state index contributed by atoms with van der Waals surface area (Å²) >= 11 is 0.123. The molecule has 1 aliphatic heterocycles. The van der Waals surface area contributed by atoms with Crippen molar-refractivity contribution < 1.29 is 14.3 Å². The molecular weight excluding hydrogens is 439 g/mol. The van der Waals surface area contributed by atoms with E-state index in [1.54, 1.807) is 0 Å². The summed E-state index contributed by atoms with van der Waals surface area (Å²) in [4.78, 5) is 12.1. The molecule has 1 saturated heterocycles. The maximum absolute atomic E-state index is 11.9. The van der Waals surface area contributed by atoms with Crippen LogP contribution < -0.4 is 4.46 Å². The minimum atomic E-state index is -0.536. The molecule has 3 nitrogen and oxygen atoms in total. The van der Waals surface area contributed by atoms with Crippen LogP contribution in [0.3, 0.4) is 0 Å². The first-order valence-electron chi connectivity index (χ1n) is 11.0. The molecule has 0 radical (unpaired) electrons. The van der Waals surface area contributed by atoms with Crippen LogP contribution >= 0.6 is 0 Å². The molecule has 0 spiro atoms. The van der Waals surface area contributed by atoms with Gasteiger partial charge >= 0.3 is 188 Å². The molecule has 30 heavy (non-hydrogen) atoms. The van der Waals surface area contributed by atoms with E-state index in [1.807, 2.05) is 6.07 Å². The average molecular weight is 474 g/mol. The molecule has 0 N–H and O–H groups in total. The van der Waals surface area contributed by atoms with Crippen LogP contribution in [-0.2, 0) is 9.47 Å². The summed E-state index contributed by atoms with van der Waals surface area (Å²) in [5, 5.41) is 0. The fraction of sp³-hybridized carbons (Fsp3) is 0.500. The van der Waals surface area contributed by atoms with E-state index in [0.717, 1.165) is 6.42 Å². The fourth-order valence-electron chi connectivity index (χ4n) is 3.84. The molecule has 3 rings (SSSR count). The van der Waals surface area contributed by atoms with Crippen molar-refractivity contribution in [3.63, 3.8) is 0 Å². The van der Waals surface area contributed by atoms with Gasteiger partial charge in [0.05, 0.1) is 0 Å². The van der Waals surface area contributed by atoms with Gasteiger partial charge in [-0.3, -0.25) is 0 Å². The molecule has 4 heteroatoms. The zero-order valence-electron chi connectivity index (χ0n) is 19.0. The van der Waals surface area contributed by atoms with Crippen LogP contribution in [0.1, 0.15) is 92.8 Å². The number of carbonyl (C=O) groups excluding carboxylic acids is 1. The van der Waals surface area contributed by atoms with Crippen molar-refractivity contribution in [3.05, 3.63) is 64.7 Å². The Kier molecular flexibility index (Phi) is 7.65. The van der Waals surface area contributed by atoms with Crippen molar-refractivity contribution in [1.82, 2.24) is 0 Å². The number of rotatable bonds is 7. The quantitative estimate of drug-likeness (QED) is 0.363. The Balaban J connectivity index is 2.10. The van der Waals surface area contributed by atoms with E-state index >= 15 is 0 Å². The Morgan fingerprint density at radius 3 is 1.97 bits per heavy atom. The summed E-state index contributed by atoms with van der Waals surface area (Å²) in [6, 6.07) is 15.4. The van der Waals surface area contributed by atoms with Crippen LogP contribution in [-0.4, -0.2) is 33.8 Å². The van der Waals surface area contributed by atoms with Crippen molar-refractivity contribution >= 4 is 25.6 Å². The summed E-state index contributed by atoms with van der Waals surface area (Å²) < 4.78 is 12.2. The zero-order chi connectivity index (χ0) is 21.8. The van der Waals surface area contributed by atoms with Gasteiger partial charge in [0.25, 0.3) is 0 Å². The predicted octanol–water partition coefficient (Wildman–Crippen LogP) is 6.05. The van der Waals surface area contributed by atoms with Gasteiger partial charge in [-0.1, -0.05) is 0 Å². The van der Waals surface area contributed by atoms with Gasteiger partial charge in [-0.15, -0.1) is 0 Å². The molecule has 1 heterocycles. The first-order chi connectivity index (χ1) is 14.3. The topological polar surface area (TPSA) is 35.5 Å². The van der Waals surface area contributed by atoms with Crippen LogP contribution in [0.5, 0.6) is 0 Å². The van der Waals surface area contributed by atoms with Gasteiger partial charge < -0.3 is 0 Å².